The van der Waals surface area contributed by atoms with E-state index in [-0.39, 0.29) is 16.4 Å². The molecule has 0 bridgehead atoms. The molecular formula is C14H19N3O4S. The van der Waals surface area contributed by atoms with Gasteiger partial charge in [-0.1, -0.05) is 6.07 Å². The first kappa shape index (κ1) is 16.4. The van der Waals surface area contributed by atoms with Gasteiger partial charge in [0, 0.05) is 12.1 Å². The molecule has 0 unspecified atom stereocenters. The predicted octanol–water partition coefficient (Wildman–Crippen LogP) is -0.00680. The smallest absolute Gasteiger partial charge is 0.251 e. The maximum absolute atomic E-state index is 12.2. The van der Waals surface area contributed by atoms with Crippen LogP contribution in [0.5, 0.6) is 0 Å². The monoisotopic (exact) mass is 325 g/mol. The molecule has 1 heterocycles. The van der Waals surface area contributed by atoms with Crippen molar-refractivity contribution in [2.45, 2.75) is 30.2 Å². The van der Waals surface area contributed by atoms with Crippen LogP contribution in [0.4, 0.5) is 0 Å². The first-order valence-corrected chi connectivity index (χ1v) is 8.54. The third kappa shape index (κ3) is 3.83. The van der Waals surface area contributed by atoms with Gasteiger partial charge in [-0.3, -0.25) is 9.59 Å². The highest BCUT2D eigenvalue weighted by Crippen LogP contribution is 2.12. The Balaban J connectivity index is 2.16. The van der Waals surface area contributed by atoms with Crippen LogP contribution in [0.25, 0.3) is 0 Å². The summed E-state index contributed by atoms with van der Waals surface area (Å²) in [6.07, 6.45) is 2.30. The number of rotatable bonds is 4. The van der Waals surface area contributed by atoms with E-state index in [1.54, 1.807) is 0 Å². The maximum Gasteiger partial charge on any atom is 0.251 e. The van der Waals surface area contributed by atoms with Gasteiger partial charge < -0.3 is 10.6 Å². The third-order valence-corrected chi connectivity index (χ3v) is 4.93. The second-order valence-electron chi connectivity index (χ2n) is 5.05. The van der Waals surface area contributed by atoms with Crippen molar-refractivity contribution in [3.63, 3.8) is 0 Å². The van der Waals surface area contributed by atoms with Crippen molar-refractivity contribution >= 4 is 21.8 Å². The zero-order valence-electron chi connectivity index (χ0n) is 12.3. The molecule has 1 aliphatic heterocycles. The maximum atomic E-state index is 12.2. The first-order valence-electron chi connectivity index (χ1n) is 7.06. The summed E-state index contributed by atoms with van der Waals surface area (Å²) in [5.74, 6) is -0.667. The molecule has 1 atom stereocenters. The molecule has 1 aliphatic rings. The average molecular weight is 325 g/mol. The fourth-order valence-corrected chi connectivity index (χ4v) is 3.02. The molecule has 2 rings (SSSR count). The number of sulfonamides is 1. The molecule has 22 heavy (non-hydrogen) atoms. The molecular weight excluding hydrogens is 306 g/mol. The van der Waals surface area contributed by atoms with Gasteiger partial charge in [-0.25, -0.2) is 13.1 Å². The molecule has 1 saturated heterocycles. The number of hydrogen-bond acceptors (Lipinski definition) is 4. The zero-order valence-corrected chi connectivity index (χ0v) is 13.1. The molecule has 0 spiro atoms. The molecule has 0 aliphatic carbocycles. The number of amides is 2. The number of benzene rings is 1. The lowest BCUT2D eigenvalue weighted by molar-refractivity contribution is -0.122. The topological polar surface area (TPSA) is 104 Å². The lowest BCUT2D eigenvalue weighted by Gasteiger charge is -2.15. The van der Waals surface area contributed by atoms with Crippen molar-refractivity contribution in [1.82, 2.24) is 15.4 Å². The Morgan fingerprint density at radius 3 is 2.82 bits per heavy atom. The van der Waals surface area contributed by atoms with Gasteiger partial charge in [0.1, 0.15) is 6.04 Å². The van der Waals surface area contributed by atoms with Crippen molar-refractivity contribution in [2.75, 3.05) is 13.6 Å². The molecule has 120 valence electrons. The van der Waals surface area contributed by atoms with Crippen LogP contribution in [0, 0.1) is 0 Å². The van der Waals surface area contributed by atoms with E-state index < -0.39 is 22.0 Å². The van der Waals surface area contributed by atoms with Gasteiger partial charge in [0.15, 0.2) is 0 Å². The summed E-state index contributed by atoms with van der Waals surface area (Å²) in [5.41, 5.74) is 0.202. The van der Waals surface area contributed by atoms with Crippen LogP contribution in [0.15, 0.2) is 29.2 Å². The summed E-state index contributed by atoms with van der Waals surface area (Å²) in [6.45, 7) is 0.612. The Morgan fingerprint density at radius 1 is 1.32 bits per heavy atom. The minimum atomic E-state index is -3.61. The third-order valence-electron chi connectivity index (χ3n) is 3.52. The minimum Gasteiger partial charge on any atom is -0.354 e. The highest BCUT2D eigenvalue weighted by Gasteiger charge is 2.23. The highest BCUT2D eigenvalue weighted by molar-refractivity contribution is 7.89. The van der Waals surface area contributed by atoms with E-state index in [1.807, 2.05) is 0 Å². The average Bonchev–Trinajstić information content (AvgIpc) is 2.72. The van der Waals surface area contributed by atoms with Crippen LogP contribution in [0.2, 0.25) is 0 Å². The van der Waals surface area contributed by atoms with Gasteiger partial charge >= 0.3 is 0 Å². The summed E-state index contributed by atoms with van der Waals surface area (Å²) in [4.78, 5) is 24.1. The van der Waals surface area contributed by atoms with E-state index in [1.165, 1.54) is 31.3 Å². The van der Waals surface area contributed by atoms with Crippen LogP contribution in [0.1, 0.15) is 29.6 Å². The van der Waals surface area contributed by atoms with Gasteiger partial charge in [0.25, 0.3) is 5.91 Å². The van der Waals surface area contributed by atoms with Crippen molar-refractivity contribution in [3.05, 3.63) is 29.8 Å². The number of carbonyl (C=O) groups excluding carboxylic acids is 2. The molecule has 7 nitrogen and oxygen atoms in total. The number of nitrogens with one attached hydrogen (secondary N) is 3. The van der Waals surface area contributed by atoms with Crippen molar-refractivity contribution in [2.24, 2.45) is 0 Å². The predicted molar refractivity (Wildman–Crippen MR) is 80.8 cm³/mol. The van der Waals surface area contributed by atoms with E-state index in [2.05, 4.69) is 15.4 Å². The molecule has 1 aromatic rings. The van der Waals surface area contributed by atoms with Crippen LogP contribution < -0.4 is 15.4 Å². The summed E-state index contributed by atoms with van der Waals surface area (Å²) in [5, 5.41) is 5.39. The summed E-state index contributed by atoms with van der Waals surface area (Å²) in [6, 6.07) is 5.11. The van der Waals surface area contributed by atoms with Gasteiger partial charge in [0.2, 0.25) is 15.9 Å². The summed E-state index contributed by atoms with van der Waals surface area (Å²) < 4.78 is 25.7. The molecule has 8 heteroatoms. The standard InChI is InChI=1S/C14H19N3O4S/c1-15-22(20,21)11-6-4-5-10(9-11)13(18)17-12-7-2-3-8-16-14(12)19/h4-6,9,12,15H,2-3,7-8H2,1H3,(H,16,19)(H,17,18)/t12-/m1/s1. The quantitative estimate of drug-likeness (QED) is 0.724. The largest absolute Gasteiger partial charge is 0.354 e. The molecule has 1 aromatic carbocycles. The van der Waals surface area contributed by atoms with Gasteiger partial charge in [-0.2, -0.15) is 0 Å². The number of hydrogen-bond donors (Lipinski definition) is 3. The van der Waals surface area contributed by atoms with E-state index in [0.29, 0.717) is 13.0 Å². The van der Waals surface area contributed by atoms with Gasteiger partial charge in [0.05, 0.1) is 4.90 Å². The fraction of sp³-hybridized carbons (Fsp3) is 0.429. The van der Waals surface area contributed by atoms with Crippen molar-refractivity contribution in [1.29, 1.82) is 0 Å². The minimum absolute atomic E-state index is 0.00738. The highest BCUT2D eigenvalue weighted by atomic mass is 32.2. The summed E-state index contributed by atoms with van der Waals surface area (Å²) in [7, 11) is -2.31. The Bertz CT molecular complexity index is 672. The van der Waals surface area contributed by atoms with E-state index in [4.69, 9.17) is 0 Å². The molecule has 0 radical (unpaired) electrons. The van der Waals surface area contributed by atoms with E-state index in [9.17, 15) is 18.0 Å². The number of carbonyl (C=O) groups is 2. The lowest BCUT2D eigenvalue weighted by Crippen LogP contribution is -2.45. The Kier molecular flexibility index (Phi) is 5.15. The van der Waals surface area contributed by atoms with Crippen LogP contribution in [0.3, 0.4) is 0 Å². The Morgan fingerprint density at radius 2 is 2.09 bits per heavy atom. The second-order valence-corrected chi connectivity index (χ2v) is 6.93. The van der Waals surface area contributed by atoms with Gasteiger partial charge in [-0.05, 0) is 44.5 Å². The molecule has 1 fully saturated rings. The SMILES string of the molecule is CNS(=O)(=O)c1cccc(C(=O)N[C@@H]2CCCCNC2=O)c1. The van der Waals surface area contributed by atoms with Crippen molar-refractivity contribution in [3.8, 4) is 0 Å². The lowest BCUT2D eigenvalue weighted by atomic mass is 10.1. The van der Waals surface area contributed by atoms with Crippen LogP contribution in [-0.4, -0.2) is 39.9 Å². The first-order chi connectivity index (χ1) is 10.4. The molecule has 3 N–H and O–H groups in total. The van der Waals surface area contributed by atoms with Crippen molar-refractivity contribution < 1.29 is 18.0 Å². The second kappa shape index (κ2) is 6.89. The Labute approximate surface area is 129 Å². The van der Waals surface area contributed by atoms with Gasteiger partial charge in [-0.15, -0.1) is 0 Å². The molecule has 0 aromatic heterocycles. The Hall–Kier alpha value is -1.93. The zero-order chi connectivity index (χ0) is 16.2. The summed E-state index contributed by atoms with van der Waals surface area (Å²) >= 11 is 0. The van der Waals surface area contributed by atoms with Crippen LogP contribution >= 0.6 is 0 Å². The fourth-order valence-electron chi connectivity index (χ4n) is 2.24. The van der Waals surface area contributed by atoms with Crippen LogP contribution in [-0.2, 0) is 14.8 Å². The molecule has 2 amide bonds. The normalized spacial score (nSPS) is 19.1. The molecule has 0 saturated carbocycles. The van der Waals surface area contributed by atoms with E-state index in [0.717, 1.165) is 12.8 Å². The van der Waals surface area contributed by atoms with E-state index >= 15 is 0 Å².